The first-order chi connectivity index (χ1) is 14.2. The van der Waals surface area contributed by atoms with Gasteiger partial charge in [0.05, 0.1) is 6.42 Å². The molecule has 29 heavy (non-hydrogen) atoms. The second-order valence-electron chi connectivity index (χ2n) is 7.22. The zero-order chi connectivity index (χ0) is 20.1. The number of anilines is 1. The number of aromatic nitrogens is 1. The van der Waals surface area contributed by atoms with Crippen molar-refractivity contribution in [3.8, 4) is 11.1 Å². The number of carbonyl (C=O) groups excluding carboxylic acids is 2. The van der Waals surface area contributed by atoms with Crippen LogP contribution < -0.4 is 5.32 Å². The van der Waals surface area contributed by atoms with Crippen molar-refractivity contribution in [2.45, 2.75) is 19.3 Å². The van der Waals surface area contributed by atoms with Crippen LogP contribution in [-0.2, 0) is 16.0 Å². The molecule has 3 aromatic rings. The van der Waals surface area contributed by atoms with E-state index in [2.05, 4.69) is 34.6 Å². The summed E-state index contributed by atoms with van der Waals surface area (Å²) in [7, 11) is 0. The topological polar surface area (TPSA) is 62.3 Å². The van der Waals surface area contributed by atoms with E-state index in [1.165, 1.54) is 16.9 Å². The van der Waals surface area contributed by atoms with Crippen LogP contribution in [0.4, 0.5) is 5.13 Å². The molecular weight excluding hydrogens is 382 g/mol. The number of benzene rings is 2. The van der Waals surface area contributed by atoms with E-state index < -0.39 is 0 Å². The molecule has 1 aliphatic heterocycles. The summed E-state index contributed by atoms with van der Waals surface area (Å²) in [6, 6.07) is 18.4. The number of likely N-dealkylation sites (tertiary alicyclic amines) is 1. The summed E-state index contributed by atoms with van der Waals surface area (Å²) in [6.45, 7) is 1.24. The quantitative estimate of drug-likeness (QED) is 0.691. The lowest BCUT2D eigenvalue weighted by Gasteiger charge is -2.31. The highest BCUT2D eigenvalue weighted by molar-refractivity contribution is 7.13. The fraction of sp³-hybridized carbons (Fsp3) is 0.261. The molecule has 0 saturated carbocycles. The summed E-state index contributed by atoms with van der Waals surface area (Å²) in [5, 5.41) is 5.33. The third-order valence-electron chi connectivity index (χ3n) is 5.30. The van der Waals surface area contributed by atoms with Gasteiger partial charge in [-0.3, -0.25) is 9.59 Å². The number of hydrogen-bond acceptors (Lipinski definition) is 4. The Morgan fingerprint density at radius 2 is 1.69 bits per heavy atom. The first-order valence-electron chi connectivity index (χ1n) is 9.81. The molecule has 5 nitrogen and oxygen atoms in total. The van der Waals surface area contributed by atoms with Crippen molar-refractivity contribution in [1.82, 2.24) is 9.88 Å². The van der Waals surface area contributed by atoms with Gasteiger partial charge in [-0.2, -0.15) is 0 Å². The molecule has 6 heteroatoms. The molecule has 1 aromatic heterocycles. The number of nitrogens with one attached hydrogen (secondary N) is 1. The van der Waals surface area contributed by atoms with E-state index in [4.69, 9.17) is 0 Å². The lowest BCUT2D eigenvalue weighted by Crippen LogP contribution is -2.42. The number of carbonyl (C=O) groups is 2. The smallest absolute Gasteiger partial charge is 0.229 e. The molecule has 4 rings (SSSR count). The van der Waals surface area contributed by atoms with E-state index in [0.717, 1.165) is 11.1 Å². The second kappa shape index (κ2) is 9.01. The van der Waals surface area contributed by atoms with Crippen molar-refractivity contribution in [3.63, 3.8) is 0 Å². The van der Waals surface area contributed by atoms with Crippen LogP contribution in [0.3, 0.4) is 0 Å². The van der Waals surface area contributed by atoms with Crippen molar-refractivity contribution in [2.24, 2.45) is 5.92 Å². The molecule has 0 bridgehead atoms. The van der Waals surface area contributed by atoms with Crippen LogP contribution in [-0.4, -0.2) is 34.8 Å². The summed E-state index contributed by atoms with van der Waals surface area (Å²) in [5.41, 5.74) is 3.33. The Morgan fingerprint density at radius 1 is 1.00 bits per heavy atom. The fourth-order valence-electron chi connectivity index (χ4n) is 3.62. The average Bonchev–Trinajstić information content (AvgIpc) is 3.28. The van der Waals surface area contributed by atoms with Crippen molar-refractivity contribution in [1.29, 1.82) is 0 Å². The number of rotatable bonds is 5. The van der Waals surface area contributed by atoms with Crippen molar-refractivity contribution in [2.75, 3.05) is 18.4 Å². The summed E-state index contributed by atoms with van der Waals surface area (Å²) in [4.78, 5) is 31.0. The maximum atomic E-state index is 12.7. The van der Waals surface area contributed by atoms with Crippen molar-refractivity contribution in [3.05, 3.63) is 71.7 Å². The third-order valence-corrected chi connectivity index (χ3v) is 5.99. The van der Waals surface area contributed by atoms with E-state index in [1.807, 2.05) is 40.6 Å². The Balaban J connectivity index is 1.28. The van der Waals surface area contributed by atoms with Gasteiger partial charge in [0.25, 0.3) is 0 Å². The number of hydrogen-bond donors (Lipinski definition) is 1. The van der Waals surface area contributed by atoms with Gasteiger partial charge in [-0.15, -0.1) is 11.3 Å². The highest BCUT2D eigenvalue weighted by Crippen LogP contribution is 2.22. The standard InChI is InChI=1S/C23H23N3O2S/c27-21(16-17-6-8-19(9-7-17)18-4-2-1-3-5-18)26-13-10-20(11-14-26)22(28)25-23-24-12-15-29-23/h1-9,12,15,20H,10-11,13-14,16H2,(H,24,25,28). The molecule has 0 unspecified atom stereocenters. The number of thiazole rings is 1. The highest BCUT2D eigenvalue weighted by atomic mass is 32.1. The summed E-state index contributed by atoms with van der Waals surface area (Å²) < 4.78 is 0. The predicted molar refractivity (Wildman–Crippen MR) is 116 cm³/mol. The molecule has 0 spiro atoms. The van der Waals surface area contributed by atoms with E-state index in [0.29, 0.717) is 37.5 Å². The average molecular weight is 406 g/mol. The molecule has 1 aliphatic rings. The van der Waals surface area contributed by atoms with Gasteiger partial charge in [0, 0.05) is 30.6 Å². The number of nitrogens with zero attached hydrogens (tertiary/aromatic N) is 2. The summed E-state index contributed by atoms with van der Waals surface area (Å²) in [6.07, 6.45) is 3.45. The maximum Gasteiger partial charge on any atom is 0.229 e. The van der Waals surface area contributed by atoms with Gasteiger partial charge in [0.15, 0.2) is 5.13 Å². The molecular formula is C23H23N3O2S. The van der Waals surface area contributed by atoms with Gasteiger partial charge in [0.1, 0.15) is 0 Å². The first kappa shape index (κ1) is 19.3. The summed E-state index contributed by atoms with van der Waals surface area (Å²) >= 11 is 1.41. The summed E-state index contributed by atoms with van der Waals surface area (Å²) in [5.74, 6) is 0.0629. The second-order valence-corrected chi connectivity index (χ2v) is 8.12. The minimum absolute atomic E-state index is 0.00329. The molecule has 0 atom stereocenters. The van der Waals surface area contributed by atoms with Gasteiger partial charge >= 0.3 is 0 Å². The van der Waals surface area contributed by atoms with Crippen LogP contribution in [0.25, 0.3) is 11.1 Å². The monoisotopic (exact) mass is 405 g/mol. The molecule has 2 aromatic carbocycles. The zero-order valence-corrected chi connectivity index (χ0v) is 16.9. The molecule has 1 saturated heterocycles. The van der Waals surface area contributed by atoms with Gasteiger partial charge in [-0.05, 0) is 29.5 Å². The normalized spacial score (nSPS) is 14.6. The Bertz CT molecular complexity index is 948. The molecule has 0 radical (unpaired) electrons. The van der Waals surface area contributed by atoms with Gasteiger partial charge in [-0.25, -0.2) is 4.98 Å². The van der Waals surface area contributed by atoms with Gasteiger partial charge in [0.2, 0.25) is 11.8 Å². The van der Waals surface area contributed by atoms with Crippen molar-refractivity contribution >= 4 is 28.3 Å². The largest absolute Gasteiger partial charge is 0.342 e. The van der Waals surface area contributed by atoms with E-state index in [9.17, 15) is 9.59 Å². The lowest BCUT2D eigenvalue weighted by atomic mass is 9.95. The Labute approximate surface area is 174 Å². The maximum absolute atomic E-state index is 12.7. The van der Waals surface area contributed by atoms with Crippen LogP contribution in [0, 0.1) is 5.92 Å². The third kappa shape index (κ3) is 4.90. The Hall–Kier alpha value is -2.99. The van der Waals surface area contributed by atoms with Crippen LogP contribution in [0.2, 0.25) is 0 Å². The zero-order valence-electron chi connectivity index (χ0n) is 16.1. The minimum Gasteiger partial charge on any atom is -0.342 e. The SMILES string of the molecule is O=C(Nc1nccs1)C1CCN(C(=O)Cc2ccc(-c3ccccc3)cc2)CC1. The van der Waals surface area contributed by atoms with Crippen molar-refractivity contribution < 1.29 is 9.59 Å². The van der Waals surface area contributed by atoms with Crippen LogP contribution >= 0.6 is 11.3 Å². The van der Waals surface area contributed by atoms with Crippen LogP contribution in [0.15, 0.2) is 66.2 Å². The minimum atomic E-state index is -0.0619. The highest BCUT2D eigenvalue weighted by Gasteiger charge is 2.27. The molecule has 148 valence electrons. The van der Waals surface area contributed by atoms with E-state index in [-0.39, 0.29) is 17.7 Å². The molecule has 1 fully saturated rings. The van der Waals surface area contributed by atoms with Gasteiger partial charge < -0.3 is 10.2 Å². The fourth-order valence-corrected chi connectivity index (χ4v) is 4.15. The van der Waals surface area contributed by atoms with Gasteiger partial charge in [-0.1, -0.05) is 54.6 Å². The van der Waals surface area contributed by atoms with Crippen LogP contribution in [0.5, 0.6) is 0 Å². The first-order valence-corrected chi connectivity index (χ1v) is 10.7. The Morgan fingerprint density at radius 3 is 2.34 bits per heavy atom. The number of piperidine rings is 1. The Kier molecular flexibility index (Phi) is 6.00. The predicted octanol–water partition coefficient (Wildman–Crippen LogP) is 4.23. The van der Waals surface area contributed by atoms with Crippen LogP contribution in [0.1, 0.15) is 18.4 Å². The molecule has 1 N–H and O–H groups in total. The number of amides is 2. The molecule has 2 heterocycles. The lowest BCUT2D eigenvalue weighted by molar-refractivity contribution is -0.133. The molecule has 0 aliphatic carbocycles. The molecule has 2 amide bonds. The van der Waals surface area contributed by atoms with E-state index >= 15 is 0 Å². The van der Waals surface area contributed by atoms with E-state index in [1.54, 1.807) is 6.20 Å².